The summed E-state index contributed by atoms with van der Waals surface area (Å²) in [5.41, 5.74) is 6.51. The molecule has 3 aliphatic heterocycles. The molecule has 11 nitrogen and oxygen atoms in total. The lowest BCUT2D eigenvalue weighted by molar-refractivity contribution is -0.143. The van der Waals surface area contributed by atoms with E-state index in [2.05, 4.69) is 21.4 Å². The van der Waals surface area contributed by atoms with E-state index in [9.17, 15) is 14.7 Å². The predicted molar refractivity (Wildman–Crippen MR) is 223 cm³/mol. The molecule has 59 heavy (non-hydrogen) atoms. The van der Waals surface area contributed by atoms with Crippen molar-refractivity contribution in [2.75, 3.05) is 19.8 Å². The summed E-state index contributed by atoms with van der Waals surface area (Å²) in [5.74, 6) is 0.387. The number of carboxylic acid groups (broad SMARTS) is 1. The van der Waals surface area contributed by atoms with Crippen molar-refractivity contribution in [1.82, 2.24) is 10.2 Å². The number of nitrogens with zero attached hydrogens (tertiary/aromatic N) is 3. The van der Waals surface area contributed by atoms with Crippen molar-refractivity contribution in [3.8, 4) is 34.4 Å². The van der Waals surface area contributed by atoms with E-state index in [0.29, 0.717) is 65.6 Å². The number of halogens is 2. The van der Waals surface area contributed by atoms with Gasteiger partial charge in [0.25, 0.3) is 0 Å². The molecule has 3 aliphatic rings. The van der Waals surface area contributed by atoms with Gasteiger partial charge in [0.2, 0.25) is 5.91 Å². The number of fused-ring (bicyclic) bond motifs is 2. The minimum Gasteiger partial charge on any atom is -0.489 e. The Labute approximate surface area is 351 Å². The predicted octanol–water partition coefficient (Wildman–Crippen LogP) is 8.18. The van der Waals surface area contributed by atoms with Crippen molar-refractivity contribution < 1.29 is 33.7 Å². The number of hydrogen-bond acceptors (Lipinski definition) is 9. The van der Waals surface area contributed by atoms with E-state index in [-0.39, 0.29) is 25.0 Å². The quantitative estimate of drug-likeness (QED) is 0.127. The molecular formula is C46H40Cl2N4O7. The topological polar surface area (TPSA) is 143 Å². The molecule has 3 heterocycles. The molecule has 5 aromatic carbocycles. The van der Waals surface area contributed by atoms with Crippen LogP contribution in [-0.4, -0.2) is 59.9 Å². The van der Waals surface area contributed by atoms with Gasteiger partial charge in [0, 0.05) is 19.5 Å². The molecule has 2 N–H and O–H groups in total. The van der Waals surface area contributed by atoms with Crippen LogP contribution in [0.15, 0.2) is 108 Å². The largest absolute Gasteiger partial charge is 0.489 e. The average molecular weight is 832 g/mol. The van der Waals surface area contributed by atoms with Crippen molar-refractivity contribution >= 4 is 41.3 Å². The molecule has 1 amide bonds. The lowest BCUT2D eigenvalue weighted by atomic mass is 9.87. The van der Waals surface area contributed by atoms with Crippen LogP contribution in [-0.2, 0) is 40.4 Å². The van der Waals surface area contributed by atoms with Gasteiger partial charge in [0.1, 0.15) is 31.6 Å². The van der Waals surface area contributed by atoms with Gasteiger partial charge in [-0.05, 0) is 101 Å². The summed E-state index contributed by atoms with van der Waals surface area (Å²) >= 11 is 12.2. The monoisotopic (exact) mass is 830 g/mol. The van der Waals surface area contributed by atoms with Gasteiger partial charge in [-0.25, -0.2) is 4.79 Å². The molecule has 0 aromatic heterocycles. The smallest absolute Gasteiger partial charge is 0.326 e. The Morgan fingerprint density at radius 3 is 2.34 bits per heavy atom. The zero-order chi connectivity index (χ0) is 41.1. The highest BCUT2D eigenvalue weighted by molar-refractivity contribution is 6.42. The third-order valence-corrected chi connectivity index (χ3v) is 11.6. The highest BCUT2D eigenvalue weighted by Crippen LogP contribution is 2.41. The highest BCUT2D eigenvalue weighted by atomic mass is 35.5. The zero-order valence-electron chi connectivity index (χ0n) is 32.1. The molecule has 4 atom stereocenters. The Kier molecular flexibility index (Phi) is 11.5. The van der Waals surface area contributed by atoms with Crippen LogP contribution in [0.2, 0.25) is 10.0 Å². The number of ether oxygens (including phenoxy) is 3. The number of rotatable bonds is 12. The van der Waals surface area contributed by atoms with Crippen LogP contribution >= 0.6 is 23.2 Å². The van der Waals surface area contributed by atoms with Crippen molar-refractivity contribution in [3.63, 3.8) is 0 Å². The first-order valence-electron chi connectivity index (χ1n) is 19.2. The summed E-state index contributed by atoms with van der Waals surface area (Å²) in [6, 6.07) is 32.1. The fourth-order valence-corrected chi connectivity index (χ4v) is 7.90. The van der Waals surface area contributed by atoms with Crippen LogP contribution in [0.5, 0.6) is 17.2 Å². The second kappa shape index (κ2) is 17.0. The Morgan fingerprint density at radius 1 is 0.949 bits per heavy atom. The van der Waals surface area contributed by atoms with Crippen molar-refractivity contribution in [2.24, 2.45) is 10.6 Å². The van der Waals surface area contributed by atoms with Gasteiger partial charge in [-0.1, -0.05) is 83.0 Å². The summed E-state index contributed by atoms with van der Waals surface area (Å²) in [6.07, 6.45) is 1.85. The maximum atomic E-state index is 14.2. The third kappa shape index (κ3) is 9.16. The Balaban J connectivity index is 0.954. The van der Waals surface area contributed by atoms with Crippen molar-refractivity contribution in [1.29, 1.82) is 5.26 Å². The lowest BCUT2D eigenvalue weighted by Gasteiger charge is -2.40. The molecule has 0 saturated carbocycles. The van der Waals surface area contributed by atoms with Crippen LogP contribution in [0, 0.1) is 16.7 Å². The number of benzene rings is 5. The van der Waals surface area contributed by atoms with E-state index in [1.54, 1.807) is 30.5 Å². The number of nitrogens with one attached hydrogen (secondary N) is 1. The number of nitriles is 1. The molecule has 8 rings (SSSR count). The maximum absolute atomic E-state index is 14.2. The number of amides is 1. The van der Waals surface area contributed by atoms with Crippen LogP contribution in [0.3, 0.4) is 0 Å². The summed E-state index contributed by atoms with van der Waals surface area (Å²) < 4.78 is 18.7. The minimum atomic E-state index is -1.15. The maximum Gasteiger partial charge on any atom is 0.326 e. The molecular weight excluding hydrogens is 791 g/mol. The minimum absolute atomic E-state index is 0.102. The summed E-state index contributed by atoms with van der Waals surface area (Å²) in [4.78, 5) is 34.1. The molecule has 0 fully saturated rings. The number of hydrogen-bond donors (Lipinski definition) is 2. The second-order valence-corrected chi connectivity index (χ2v) is 16.2. The van der Waals surface area contributed by atoms with Crippen LogP contribution in [0.25, 0.3) is 11.1 Å². The molecule has 0 bridgehead atoms. The van der Waals surface area contributed by atoms with Gasteiger partial charge < -0.3 is 29.5 Å². The number of carbonyl (C=O) groups is 2. The summed E-state index contributed by atoms with van der Waals surface area (Å²) in [6.45, 7) is 3.89. The number of oxime groups is 1. The first kappa shape index (κ1) is 39.8. The summed E-state index contributed by atoms with van der Waals surface area (Å²) in [7, 11) is 0. The molecule has 0 aliphatic carbocycles. The first-order valence-corrected chi connectivity index (χ1v) is 19.9. The number of carboxylic acids is 1. The van der Waals surface area contributed by atoms with E-state index < -0.39 is 23.5 Å². The van der Waals surface area contributed by atoms with Gasteiger partial charge in [-0.3, -0.25) is 9.69 Å². The van der Waals surface area contributed by atoms with E-state index >= 15 is 0 Å². The van der Waals surface area contributed by atoms with Gasteiger partial charge in [-0.2, -0.15) is 5.26 Å². The number of aliphatic carboxylic acids is 1. The highest BCUT2D eigenvalue weighted by Gasteiger charge is 2.40. The molecule has 300 valence electrons. The SMILES string of the molecule is CC1(CN2Cc3cc4c(cc3CC2C(=O)N[C@@H](Cc2ccc(-c3ccc(C#N)cc3)cc2)C(=O)O)OC[C@H](c2ccc(OCc3ccc(Cl)c(Cl)c3)cc2)O4)C=NOC1. The zero-order valence-corrected chi connectivity index (χ0v) is 33.6. The number of carbonyl (C=O) groups excluding carboxylic acids is 1. The fourth-order valence-electron chi connectivity index (χ4n) is 7.58. The van der Waals surface area contributed by atoms with E-state index in [1.165, 1.54) is 0 Å². The molecule has 0 saturated heterocycles. The molecule has 13 heteroatoms. The van der Waals surface area contributed by atoms with Gasteiger partial charge in [0.15, 0.2) is 17.6 Å². The normalized spacial score (nSPS) is 19.8. The Hall–Kier alpha value is -6.06. The van der Waals surface area contributed by atoms with Crippen LogP contribution in [0.4, 0.5) is 0 Å². The van der Waals surface area contributed by atoms with Crippen molar-refractivity contribution in [2.45, 2.75) is 51.1 Å². The molecule has 2 unspecified atom stereocenters. The Bertz CT molecular complexity index is 2440. The molecule has 0 radical (unpaired) electrons. The molecule has 0 spiro atoms. The second-order valence-electron chi connectivity index (χ2n) is 15.4. The third-order valence-electron chi connectivity index (χ3n) is 10.9. The fraction of sp³-hybridized carbons (Fsp3) is 0.261. The van der Waals surface area contributed by atoms with Gasteiger partial charge in [0.05, 0.1) is 39.3 Å². The Morgan fingerprint density at radius 2 is 1.66 bits per heavy atom. The summed E-state index contributed by atoms with van der Waals surface area (Å²) in [5, 5.41) is 27.2. The average Bonchev–Trinajstić information content (AvgIpc) is 3.68. The first-order chi connectivity index (χ1) is 28.5. The molecule has 5 aromatic rings. The standard InChI is InChI=1S/C46H40Cl2N4O7/c1-46(25-50-58-27-46)26-52-22-35-20-42-41(57-24-43(59-42)33-11-13-36(14-12-33)56-23-30-6-15-37(47)38(48)16-30)19-34(35)18-40(52)44(53)51-39(45(54)55)17-28-2-7-31(8-3-28)32-9-4-29(21-49)5-10-32/h2-16,19-20,25,39-40,43H,17-18,22-24,26-27H2,1H3,(H,51,53)(H,54,55)/t39-,40?,43+,46?/m0/s1. The van der Waals surface area contributed by atoms with E-state index in [1.807, 2.05) is 85.8 Å². The van der Waals surface area contributed by atoms with E-state index in [0.717, 1.165) is 38.9 Å². The van der Waals surface area contributed by atoms with Gasteiger partial charge >= 0.3 is 5.97 Å². The van der Waals surface area contributed by atoms with Crippen LogP contribution < -0.4 is 19.5 Å². The van der Waals surface area contributed by atoms with E-state index in [4.69, 9.17) is 47.5 Å². The lowest BCUT2D eigenvalue weighted by Crippen LogP contribution is -2.56. The van der Waals surface area contributed by atoms with Crippen molar-refractivity contribution in [3.05, 3.63) is 147 Å². The van der Waals surface area contributed by atoms with Crippen LogP contribution in [0.1, 0.15) is 46.4 Å². The van der Waals surface area contributed by atoms with Gasteiger partial charge in [-0.15, -0.1) is 0 Å².